The van der Waals surface area contributed by atoms with E-state index in [2.05, 4.69) is 16.2 Å². The Hall–Kier alpha value is -3.03. The molecule has 126 valence electrons. The van der Waals surface area contributed by atoms with Gasteiger partial charge >= 0.3 is 0 Å². The zero-order valence-corrected chi connectivity index (χ0v) is 15.1. The normalized spacial score (nSPS) is 16.2. The van der Waals surface area contributed by atoms with Crippen molar-refractivity contribution in [3.63, 3.8) is 0 Å². The van der Waals surface area contributed by atoms with Crippen LogP contribution in [0.5, 0.6) is 0 Å². The molecule has 0 atom stereocenters. The average Bonchev–Trinajstić information content (AvgIpc) is 3.35. The van der Waals surface area contributed by atoms with Gasteiger partial charge in [0.1, 0.15) is 5.71 Å². The molecule has 0 aliphatic carbocycles. The molecule has 0 spiro atoms. The maximum absolute atomic E-state index is 12.8. The number of nitrogens with two attached hydrogens (primary N) is 1. The van der Waals surface area contributed by atoms with Crippen molar-refractivity contribution < 1.29 is 4.79 Å². The van der Waals surface area contributed by atoms with Crippen molar-refractivity contribution in [3.8, 4) is 0 Å². The number of para-hydroxylation sites is 1. The second kappa shape index (κ2) is 5.76. The third-order valence-electron chi connectivity index (χ3n) is 4.17. The second-order valence-electron chi connectivity index (χ2n) is 5.76. The van der Waals surface area contributed by atoms with E-state index in [1.54, 1.807) is 11.3 Å². The van der Waals surface area contributed by atoms with Crippen LogP contribution < -0.4 is 10.7 Å². The van der Waals surface area contributed by atoms with Crippen LogP contribution in [0.15, 0.2) is 71.5 Å². The van der Waals surface area contributed by atoms with Crippen molar-refractivity contribution in [1.82, 2.24) is 4.98 Å². The quantitative estimate of drug-likeness (QED) is 0.535. The summed E-state index contributed by atoms with van der Waals surface area (Å²) in [6.07, 6.45) is 1.33. The minimum atomic E-state index is -0.251. The van der Waals surface area contributed by atoms with E-state index in [9.17, 15) is 4.79 Å². The molecular formula is C19H12N4OS2. The largest absolute Gasteiger partial charge is 0.404 e. The fraction of sp³-hybridized carbons (Fsp3) is 0. The molecule has 2 aromatic heterocycles. The van der Waals surface area contributed by atoms with Crippen LogP contribution in [-0.2, 0) is 4.79 Å². The van der Waals surface area contributed by atoms with Gasteiger partial charge in [0, 0.05) is 10.9 Å². The number of thiazole rings is 1. The molecule has 2 aromatic carbocycles. The van der Waals surface area contributed by atoms with Crippen molar-refractivity contribution in [2.75, 3.05) is 5.01 Å². The van der Waals surface area contributed by atoms with Gasteiger partial charge in [0.2, 0.25) is 5.13 Å². The van der Waals surface area contributed by atoms with Gasteiger partial charge in [0.15, 0.2) is 0 Å². The number of hydrogen-bond acceptors (Lipinski definition) is 6. The minimum Gasteiger partial charge on any atom is -0.404 e. The Labute approximate surface area is 156 Å². The van der Waals surface area contributed by atoms with Crippen molar-refractivity contribution in [2.24, 2.45) is 10.8 Å². The third-order valence-corrected chi connectivity index (χ3v) is 6.30. The standard InChI is InChI=1S/C19H12N4OS2/c20-10-12-17(16-9-11-5-1-3-7-14(11)25-16)22-23(18(12)24)19-21-13-6-2-4-8-15(13)26-19/h1-10H,20H2. The van der Waals surface area contributed by atoms with Crippen molar-refractivity contribution in [1.29, 1.82) is 0 Å². The number of aromatic nitrogens is 1. The van der Waals surface area contributed by atoms with E-state index in [0.717, 1.165) is 25.2 Å². The molecule has 2 N–H and O–H groups in total. The van der Waals surface area contributed by atoms with E-state index in [1.807, 2.05) is 48.5 Å². The van der Waals surface area contributed by atoms with Crippen LogP contribution in [-0.4, -0.2) is 16.6 Å². The number of hydrazone groups is 1. The number of hydrogen-bond donors (Lipinski definition) is 1. The molecule has 0 saturated carbocycles. The molecule has 5 nitrogen and oxygen atoms in total. The molecule has 0 bridgehead atoms. The molecule has 0 unspecified atom stereocenters. The van der Waals surface area contributed by atoms with Gasteiger partial charge in [0.25, 0.3) is 5.91 Å². The van der Waals surface area contributed by atoms with Crippen LogP contribution in [0.4, 0.5) is 5.13 Å². The van der Waals surface area contributed by atoms with Crippen LogP contribution in [0.3, 0.4) is 0 Å². The first kappa shape index (κ1) is 15.2. The van der Waals surface area contributed by atoms with Crippen molar-refractivity contribution in [2.45, 2.75) is 0 Å². The van der Waals surface area contributed by atoms with E-state index >= 15 is 0 Å². The summed E-state index contributed by atoms with van der Waals surface area (Å²) < 4.78 is 2.16. The predicted molar refractivity (Wildman–Crippen MR) is 108 cm³/mol. The van der Waals surface area contributed by atoms with Gasteiger partial charge in [-0.2, -0.15) is 10.1 Å². The molecule has 0 fully saturated rings. The minimum absolute atomic E-state index is 0.251. The summed E-state index contributed by atoms with van der Waals surface area (Å²) in [5.41, 5.74) is 7.60. The molecule has 5 rings (SSSR count). The van der Waals surface area contributed by atoms with Crippen molar-refractivity contribution in [3.05, 3.63) is 71.2 Å². The Kier molecular flexibility index (Phi) is 3.37. The Morgan fingerprint density at radius 1 is 1.00 bits per heavy atom. The number of carbonyl (C=O) groups excluding carboxylic acids is 1. The van der Waals surface area contributed by atoms with Gasteiger partial charge in [-0.3, -0.25) is 4.79 Å². The van der Waals surface area contributed by atoms with E-state index < -0.39 is 0 Å². The Morgan fingerprint density at radius 3 is 2.54 bits per heavy atom. The number of nitrogens with zero attached hydrogens (tertiary/aromatic N) is 3. The molecule has 0 saturated heterocycles. The van der Waals surface area contributed by atoms with E-state index in [0.29, 0.717) is 16.4 Å². The monoisotopic (exact) mass is 376 g/mol. The summed E-state index contributed by atoms with van der Waals surface area (Å²) in [5, 5.41) is 7.58. The molecule has 1 aliphatic heterocycles. The van der Waals surface area contributed by atoms with Crippen molar-refractivity contribution >= 4 is 59.7 Å². The molecule has 4 aromatic rings. The number of fused-ring (bicyclic) bond motifs is 2. The van der Waals surface area contributed by atoms with Gasteiger partial charge in [-0.05, 0) is 29.7 Å². The first-order chi connectivity index (χ1) is 12.7. The molecular weight excluding hydrogens is 364 g/mol. The summed E-state index contributed by atoms with van der Waals surface area (Å²) in [4.78, 5) is 18.3. The average molecular weight is 376 g/mol. The molecule has 1 amide bonds. The first-order valence-electron chi connectivity index (χ1n) is 7.94. The fourth-order valence-electron chi connectivity index (χ4n) is 2.93. The Bertz CT molecular complexity index is 1170. The number of carbonyl (C=O) groups is 1. The second-order valence-corrected chi connectivity index (χ2v) is 7.85. The zero-order chi connectivity index (χ0) is 17.7. The zero-order valence-electron chi connectivity index (χ0n) is 13.4. The fourth-order valence-corrected chi connectivity index (χ4v) is 4.90. The lowest BCUT2D eigenvalue weighted by molar-refractivity contribution is -0.114. The first-order valence-corrected chi connectivity index (χ1v) is 9.58. The van der Waals surface area contributed by atoms with Crippen LogP contribution in [0.1, 0.15) is 4.88 Å². The highest BCUT2D eigenvalue weighted by Gasteiger charge is 2.34. The third kappa shape index (κ3) is 2.25. The van der Waals surface area contributed by atoms with Gasteiger partial charge in [-0.15, -0.1) is 11.3 Å². The lowest BCUT2D eigenvalue weighted by Gasteiger charge is -2.05. The van der Waals surface area contributed by atoms with E-state index in [-0.39, 0.29) is 5.91 Å². The summed E-state index contributed by atoms with van der Waals surface area (Å²) >= 11 is 3.03. The highest BCUT2D eigenvalue weighted by atomic mass is 32.1. The topological polar surface area (TPSA) is 71.6 Å². The van der Waals surface area contributed by atoms with Gasteiger partial charge in [0.05, 0.1) is 20.7 Å². The van der Waals surface area contributed by atoms with Crippen LogP contribution in [0.25, 0.3) is 20.3 Å². The number of benzene rings is 2. The molecule has 1 aliphatic rings. The van der Waals surface area contributed by atoms with E-state index in [1.165, 1.54) is 22.5 Å². The molecule has 3 heterocycles. The lowest BCUT2D eigenvalue weighted by atomic mass is 10.1. The maximum atomic E-state index is 12.8. The smallest absolute Gasteiger partial charge is 0.284 e. The number of anilines is 1. The number of thiophene rings is 1. The molecule has 0 radical (unpaired) electrons. The van der Waals surface area contributed by atoms with Crippen LogP contribution in [0, 0.1) is 0 Å². The highest BCUT2D eigenvalue weighted by Crippen LogP contribution is 2.35. The maximum Gasteiger partial charge on any atom is 0.284 e. The predicted octanol–water partition coefficient (Wildman–Crippen LogP) is 4.10. The SMILES string of the molecule is NC=C1C(=O)N(c2nc3ccccc3s2)N=C1c1cc2ccccc2s1. The summed E-state index contributed by atoms with van der Waals surface area (Å²) in [5.74, 6) is -0.251. The lowest BCUT2D eigenvalue weighted by Crippen LogP contribution is -2.21. The number of rotatable bonds is 2. The summed E-state index contributed by atoms with van der Waals surface area (Å²) in [7, 11) is 0. The van der Waals surface area contributed by atoms with Gasteiger partial charge < -0.3 is 5.73 Å². The highest BCUT2D eigenvalue weighted by molar-refractivity contribution is 7.22. The molecule has 7 heteroatoms. The van der Waals surface area contributed by atoms with Crippen LogP contribution in [0.2, 0.25) is 0 Å². The van der Waals surface area contributed by atoms with Gasteiger partial charge in [-0.1, -0.05) is 41.7 Å². The number of amides is 1. The summed E-state index contributed by atoms with van der Waals surface area (Å²) in [6, 6.07) is 17.9. The molecule has 26 heavy (non-hydrogen) atoms. The van der Waals surface area contributed by atoms with Gasteiger partial charge in [-0.25, -0.2) is 4.98 Å². The van der Waals surface area contributed by atoms with E-state index in [4.69, 9.17) is 5.73 Å². The Morgan fingerprint density at radius 2 is 1.77 bits per heavy atom. The summed E-state index contributed by atoms with van der Waals surface area (Å²) in [6.45, 7) is 0. The Balaban J connectivity index is 1.64. The van der Waals surface area contributed by atoms with Crippen LogP contribution >= 0.6 is 22.7 Å².